The number of hydrogen-bond donors (Lipinski definition) is 0. The monoisotopic (exact) mass is 442 g/mol. The molecule has 2 atom stereocenters. The van der Waals surface area contributed by atoms with Crippen molar-refractivity contribution in [1.29, 1.82) is 0 Å². The standard InChI is InChI=1S/C24H38N6O2/c1-23(2,25-19(31)21-27(5)12-13-28(21)6)17-10-9-11-18(16-17)24(3,4)26-20(32)22-29(7)14-15-30(22)8/h12-15,17-18H,9-11,16H2,1-8H3. The SMILES string of the molecule is Cn1cc[n+](C)c1C([O-])=NC(C)(C)C1CCCC(C(C)(C)N=C([O-])c2n(C)cc[n+]2C)C1. The quantitative estimate of drug-likeness (QED) is 0.366. The first kappa shape index (κ1) is 24.0. The average Bonchev–Trinajstić information content (AvgIpc) is 3.21. The second-order valence-electron chi connectivity index (χ2n) is 10.4. The highest BCUT2D eigenvalue weighted by molar-refractivity contribution is 5.86. The molecule has 0 aromatic carbocycles. The smallest absolute Gasteiger partial charge is 0.291 e. The Bertz CT molecular complexity index is 908. The zero-order valence-corrected chi connectivity index (χ0v) is 20.8. The van der Waals surface area contributed by atoms with Gasteiger partial charge in [-0.25, -0.2) is 18.3 Å². The zero-order valence-electron chi connectivity index (χ0n) is 20.8. The summed E-state index contributed by atoms with van der Waals surface area (Å²) in [5.41, 5.74) is -0.977. The Morgan fingerprint density at radius 3 is 1.53 bits per heavy atom. The van der Waals surface area contributed by atoms with Gasteiger partial charge in [-0.15, -0.1) is 0 Å². The molecule has 32 heavy (non-hydrogen) atoms. The van der Waals surface area contributed by atoms with Crippen LogP contribution < -0.4 is 19.3 Å². The Morgan fingerprint density at radius 2 is 1.22 bits per heavy atom. The van der Waals surface area contributed by atoms with Gasteiger partial charge in [0.25, 0.3) is 11.6 Å². The lowest BCUT2D eigenvalue weighted by Gasteiger charge is -2.43. The van der Waals surface area contributed by atoms with E-state index in [0.717, 1.165) is 25.7 Å². The molecule has 0 amide bonds. The Hall–Kier alpha value is -2.64. The van der Waals surface area contributed by atoms with E-state index in [1.54, 1.807) is 0 Å². The van der Waals surface area contributed by atoms with Gasteiger partial charge < -0.3 is 10.2 Å². The van der Waals surface area contributed by atoms with Gasteiger partial charge in [-0.1, -0.05) is 6.42 Å². The first-order valence-corrected chi connectivity index (χ1v) is 11.4. The van der Waals surface area contributed by atoms with E-state index < -0.39 is 11.1 Å². The Labute approximate surface area is 191 Å². The molecular formula is C24H38N6O2. The summed E-state index contributed by atoms with van der Waals surface area (Å²) >= 11 is 0. The molecule has 2 aromatic heterocycles. The fourth-order valence-corrected chi connectivity index (χ4v) is 5.06. The minimum atomic E-state index is -0.488. The van der Waals surface area contributed by atoms with E-state index in [-0.39, 0.29) is 23.6 Å². The minimum Gasteiger partial charge on any atom is -0.853 e. The highest BCUT2D eigenvalue weighted by Gasteiger charge is 2.39. The summed E-state index contributed by atoms with van der Waals surface area (Å²) in [4.78, 5) is 9.31. The van der Waals surface area contributed by atoms with Crippen molar-refractivity contribution in [1.82, 2.24) is 9.13 Å². The third kappa shape index (κ3) is 4.74. The molecule has 0 radical (unpaired) electrons. The first-order chi connectivity index (χ1) is 14.8. The van der Waals surface area contributed by atoms with Crippen molar-refractivity contribution in [2.75, 3.05) is 0 Å². The molecule has 8 nitrogen and oxygen atoms in total. The molecule has 2 aromatic rings. The topological polar surface area (TPSA) is 88.5 Å². The van der Waals surface area contributed by atoms with Crippen molar-refractivity contribution in [3.05, 3.63) is 36.4 Å². The van der Waals surface area contributed by atoms with Crippen LogP contribution in [0.3, 0.4) is 0 Å². The van der Waals surface area contributed by atoms with Crippen LogP contribution in [0.25, 0.3) is 0 Å². The third-order valence-corrected chi connectivity index (χ3v) is 7.20. The number of rotatable bonds is 6. The summed E-state index contributed by atoms with van der Waals surface area (Å²) in [7, 11) is 7.45. The van der Waals surface area contributed by atoms with Crippen molar-refractivity contribution < 1.29 is 19.3 Å². The number of aryl methyl sites for hydroxylation is 4. The van der Waals surface area contributed by atoms with Crippen LogP contribution in [0.15, 0.2) is 34.8 Å². The van der Waals surface area contributed by atoms with Crippen molar-refractivity contribution in [3.8, 4) is 0 Å². The van der Waals surface area contributed by atoms with Gasteiger partial charge in [-0.2, -0.15) is 0 Å². The highest BCUT2D eigenvalue weighted by atomic mass is 16.3. The van der Waals surface area contributed by atoms with E-state index in [9.17, 15) is 10.2 Å². The number of hydrogen-bond acceptors (Lipinski definition) is 4. The van der Waals surface area contributed by atoms with Gasteiger partial charge in [0.2, 0.25) is 0 Å². The molecule has 176 valence electrons. The predicted octanol–water partition coefficient (Wildman–Crippen LogP) is 0.290. The van der Waals surface area contributed by atoms with E-state index in [0.29, 0.717) is 11.6 Å². The van der Waals surface area contributed by atoms with Crippen molar-refractivity contribution in [2.24, 2.45) is 50.0 Å². The molecule has 0 N–H and O–H groups in total. The van der Waals surface area contributed by atoms with Crippen LogP contribution in [-0.2, 0) is 28.2 Å². The lowest BCUT2D eigenvalue weighted by Crippen LogP contribution is -2.45. The molecule has 1 aliphatic carbocycles. The van der Waals surface area contributed by atoms with Crippen LogP contribution in [0.1, 0.15) is 65.0 Å². The summed E-state index contributed by atoms with van der Waals surface area (Å²) in [5, 5.41) is 25.9. The summed E-state index contributed by atoms with van der Waals surface area (Å²) in [6.07, 6.45) is 11.4. The van der Waals surface area contributed by atoms with Crippen LogP contribution in [0, 0.1) is 11.8 Å². The number of imidazole rings is 2. The van der Waals surface area contributed by atoms with Gasteiger partial charge in [-0.05, 0) is 58.8 Å². The van der Waals surface area contributed by atoms with Crippen molar-refractivity contribution in [2.45, 2.75) is 64.5 Å². The lowest BCUT2D eigenvalue weighted by molar-refractivity contribution is -0.674. The van der Waals surface area contributed by atoms with Gasteiger partial charge >= 0.3 is 0 Å². The van der Waals surface area contributed by atoms with Gasteiger partial charge in [0.05, 0.1) is 51.1 Å². The fraction of sp³-hybridized carbons (Fsp3) is 0.667. The van der Waals surface area contributed by atoms with E-state index in [2.05, 4.69) is 37.7 Å². The summed E-state index contributed by atoms with van der Waals surface area (Å²) in [6, 6.07) is 0. The third-order valence-electron chi connectivity index (χ3n) is 7.20. The Balaban J connectivity index is 1.82. The van der Waals surface area contributed by atoms with Crippen LogP contribution in [-0.4, -0.2) is 32.0 Å². The van der Waals surface area contributed by atoms with Gasteiger partial charge in [0.15, 0.2) is 0 Å². The Morgan fingerprint density at radius 1 is 0.844 bits per heavy atom. The van der Waals surface area contributed by atoms with Gasteiger partial charge in [-0.3, -0.25) is 9.98 Å². The second-order valence-corrected chi connectivity index (χ2v) is 10.4. The van der Waals surface area contributed by atoms with Gasteiger partial charge in [0.1, 0.15) is 24.8 Å². The molecule has 0 aliphatic heterocycles. The second kappa shape index (κ2) is 8.71. The normalized spacial score (nSPS) is 21.2. The molecule has 2 unspecified atom stereocenters. The minimum absolute atomic E-state index is 0.192. The number of aromatic nitrogens is 4. The fourth-order valence-electron chi connectivity index (χ4n) is 5.06. The van der Waals surface area contributed by atoms with E-state index in [1.807, 2.05) is 71.2 Å². The van der Waals surface area contributed by atoms with Crippen LogP contribution in [0.2, 0.25) is 0 Å². The highest BCUT2D eigenvalue weighted by Crippen LogP contribution is 2.43. The summed E-state index contributed by atoms with van der Waals surface area (Å²) in [5.74, 6) is 1.27. The largest absolute Gasteiger partial charge is 0.853 e. The molecule has 0 saturated heterocycles. The van der Waals surface area contributed by atoms with E-state index >= 15 is 0 Å². The maximum atomic E-state index is 12.9. The molecule has 0 spiro atoms. The summed E-state index contributed by atoms with van der Waals surface area (Å²) < 4.78 is 7.23. The van der Waals surface area contributed by atoms with E-state index in [1.165, 1.54) is 0 Å². The maximum Gasteiger partial charge on any atom is 0.291 e. The molecular weight excluding hydrogens is 404 g/mol. The molecule has 2 heterocycles. The van der Waals surface area contributed by atoms with Crippen LogP contribution >= 0.6 is 0 Å². The average molecular weight is 443 g/mol. The van der Waals surface area contributed by atoms with Crippen molar-refractivity contribution >= 4 is 11.8 Å². The molecule has 1 fully saturated rings. The first-order valence-electron chi connectivity index (χ1n) is 11.4. The Kier molecular flexibility index (Phi) is 6.54. The molecule has 3 rings (SSSR count). The lowest BCUT2D eigenvalue weighted by atomic mass is 9.67. The number of aliphatic imine (C=N–C) groups is 2. The molecule has 8 heteroatoms. The molecule has 0 bridgehead atoms. The van der Waals surface area contributed by atoms with E-state index in [4.69, 9.17) is 0 Å². The van der Waals surface area contributed by atoms with Crippen LogP contribution in [0.4, 0.5) is 0 Å². The van der Waals surface area contributed by atoms with Gasteiger partial charge in [0, 0.05) is 0 Å². The number of nitrogens with zero attached hydrogens (tertiary/aromatic N) is 6. The zero-order chi connectivity index (χ0) is 23.8. The van der Waals surface area contributed by atoms with Crippen LogP contribution in [0.5, 0.6) is 0 Å². The summed E-state index contributed by atoms with van der Waals surface area (Å²) in [6.45, 7) is 8.22. The maximum absolute atomic E-state index is 12.9. The van der Waals surface area contributed by atoms with Crippen molar-refractivity contribution in [3.63, 3.8) is 0 Å². The molecule has 1 aliphatic rings. The molecule has 1 saturated carbocycles. The predicted molar refractivity (Wildman–Crippen MR) is 120 cm³/mol.